The van der Waals surface area contributed by atoms with Gasteiger partial charge in [0, 0.05) is 16.9 Å². The molecule has 0 saturated carbocycles. The van der Waals surface area contributed by atoms with E-state index in [1.54, 1.807) is 31.4 Å². The normalized spacial score (nSPS) is 10.0. The van der Waals surface area contributed by atoms with Crippen LogP contribution in [0.3, 0.4) is 0 Å². The van der Waals surface area contributed by atoms with Crippen LogP contribution >= 0.6 is 12.4 Å². The van der Waals surface area contributed by atoms with E-state index in [2.05, 4.69) is 25.9 Å². The van der Waals surface area contributed by atoms with Crippen LogP contribution in [0, 0.1) is 6.92 Å². The SMILES string of the molecule is COc1ccc(C(=O)Nc2c(C)nc(Nc3ccccc3)nc2Nc2ccccc2)cc1.Cl. The van der Waals surface area contributed by atoms with E-state index in [1.165, 1.54) is 0 Å². The van der Waals surface area contributed by atoms with E-state index in [9.17, 15) is 4.79 Å². The van der Waals surface area contributed by atoms with Crippen LogP contribution in [0.4, 0.5) is 28.8 Å². The maximum atomic E-state index is 12.9. The number of halogens is 1. The number of methoxy groups -OCH3 is 1. The summed E-state index contributed by atoms with van der Waals surface area (Å²) in [7, 11) is 1.59. The second-order valence-electron chi connectivity index (χ2n) is 7.02. The molecule has 168 valence electrons. The van der Waals surface area contributed by atoms with Gasteiger partial charge < -0.3 is 20.7 Å². The second kappa shape index (κ2) is 11.0. The Bertz CT molecular complexity index is 1200. The Labute approximate surface area is 198 Å². The van der Waals surface area contributed by atoms with Crippen LogP contribution in [-0.2, 0) is 0 Å². The predicted octanol–water partition coefficient (Wildman–Crippen LogP) is 5.95. The van der Waals surface area contributed by atoms with Crippen molar-refractivity contribution in [2.75, 3.05) is 23.1 Å². The van der Waals surface area contributed by atoms with Gasteiger partial charge in [0.05, 0.1) is 12.8 Å². The molecule has 7 nitrogen and oxygen atoms in total. The number of para-hydroxylation sites is 2. The van der Waals surface area contributed by atoms with Crippen LogP contribution in [0.15, 0.2) is 84.9 Å². The molecule has 33 heavy (non-hydrogen) atoms. The van der Waals surface area contributed by atoms with E-state index in [0.717, 1.165) is 11.4 Å². The number of nitrogens with zero attached hydrogens (tertiary/aromatic N) is 2. The van der Waals surface area contributed by atoms with Crippen molar-refractivity contribution in [1.29, 1.82) is 0 Å². The van der Waals surface area contributed by atoms with E-state index >= 15 is 0 Å². The molecule has 0 fully saturated rings. The van der Waals surface area contributed by atoms with Crippen molar-refractivity contribution in [3.8, 4) is 5.75 Å². The summed E-state index contributed by atoms with van der Waals surface area (Å²) < 4.78 is 5.17. The summed E-state index contributed by atoms with van der Waals surface area (Å²) in [5, 5.41) is 9.44. The van der Waals surface area contributed by atoms with Gasteiger partial charge in [0.15, 0.2) is 5.82 Å². The number of benzene rings is 3. The van der Waals surface area contributed by atoms with E-state index in [0.29, 0.717) is 34.5 Å². The van der Waals surface area contributed by atoms with Crippen LogP contribution in [-0.4, -0.2) is 23.0 Å². The van der Waals surface area contributed by atoms with Gasteiger partial charge in [0.25, 0.3) is 5.91 Å². The molecule has 1 aromatic heterocycles. The van der Waals surface area contributed by atoms with Gasteiger partial charge in [-0.05, 0) is 55.5 Å². The summed E-state index contributed by atoms with van der Waals surface area (Å²) in [5.41, 5.74) is 3.35. The Morgan fingerprint density at radius 2 is 1.36 bits per heavy atom. The highest BCUT2D eigenvalue weighted by atomic mass is 35.5. The van der Waals surface area contributed by atoms with Crippen LogP contribution < -0.4 is 20.7 Å². The maximum absolute atomic E-state index is 12.9. The topological polar surface area (TPSA) is 88.2 Å². The van der Waals surface area contributed by atoms with Gasteiger partial charge in [0.1, 0.15) is 11.4 Å². The first kappa shape index (κ1) is 23.6. The van der Waals surface area contributed by atoms with Gasteiger partial charge in [0.2, 0.25) is 5.95 Å². The molecule has 1 heterocycles. The standard InChI is InChI=1S/C25H23N5O2.ClH/c1-17-22(29-24(31)18-13-15-21(32-2)16-14-18)23(27-19-9-5-3-6-10-19)30-25(26-17)28-20-11-7-4-8-12-20;/h3-16H,1-2H3,(H,29,31)(H2,26,27,28,30);1H. The summed E-state index contributed by atoms with van der Waals surface area (Å²) in [6, 6.07) is 26.2. The number of ether oxygens (including phenoxy) is 1. The lowest BCUT2D eigenvalue weighted by Gasteiger charge is -2.16. The molecular formula is C25H24ClN5O2. The largest absolute Gasteiger partial charge is 0.497 e. The number of anilines is 5. The first-order chi connectivity index (χ1) is 15.6. The molecule has 4 aromatic rings. The first-order valence-corrected chi connectivity index (χ1v) is 10.1. The minimum Gasteiger partial charge on any atom is -0.497 e. The molecule has 4 rings (SSSR count). The molecule has 3 N–H and O–H groups in total. The van der Waals surface area contributed by atoms with Crippen molar-refractivity contribution in [2.45, 2.75) is 6.92 Å². The van der Waals surface area contributed by atoms with Crippen molar-refractivity contribution in [1.82, 2.24) is 9.97 Å². The van der Waals surface area contributed by atoms with Gasteiger partial charge >= 0.3 is 0 Å². The number of aromatic nitrogens is 2. The number of hydrogen-bond acceptors (Lipinski definition) is 6. The molecular weight excluding hydrogens is 438 g/mol. The van der Waals surface area contributed by atoms with Crippen molar-refractivity contribution < 1.29 is 9.53 Å². The molecule has 0 radical (unpaired) electrons. The Morgan fingerprint density at radius 3 is 1.94 bits per heavy atom. The average Bonchev–Trinajstić information content (AvgIpc) is 2.82. The summed E-state index contributed by atoms with van der Waals surface area (Å²) in [5.74, 6) is 1.33. The van der Waals surface area contributed by atoms with E-state index in [4.69, 9.17) is 4.74 Å². The van der Waals surface area contributed by atoms with E-state index in [-0.39, 0.29) is 18.3 Å². The fourth-order valence-electron chi connectivity index (χ4n) is 3.11. The number of aryl methyl sites for hydroxylation is 1. The summed E-state index contributed by atoms with van der Waals surface area (Å²) in [6.07, 6.45) is 0. The lowest BCUT2D eigenvalue weighted by molar-refractivity contribution is 0.102. The van der Waals surface area contributed by atoms with Crippen LogP contribution in [0.1, 0.15) is 16.1 Å². The highest BCUT2D eigenvalue weighted by Gasteiger charge is 2.16. The number of carbonyl (C=O) groups excluding carboxylic acids is 1. The Hall–Kier alpha value is -4.10. The lowest BCUT2D eigenvalue weighted by Crippen LogP contribution is -2.16. The molecule has 0 aliphatic heterocycles. The third-order valence-electron chi connectivity index (χ3n) is 4.75. The molecule has 0 aliphatic rings. The monoisotopic (exact) mass is 461 g/mol. The van der Waals surface area contributed by atoms with Gasteiger partial charge in [-0.3, -0.25) is 4.79 Å². The predicted molar refractivity (Wildman–Crippen MR) is 134 cm³/mol. The zero-order chi connectivity index (χ0) is 22.3. The highest BCUT2D eigenvalue weighted by Crippen LogP contribution is 2.29. The number of hydrogen-bond donors (Lipinski definition) is 3. The summed E-state index contributed by atoms with van der Waals surface area (Å²) >= 11 is 0. The smallest absolute Gasteiger partial charge is 0.255 e. The lowest BCUT2D eigenvalue weighted by atomic mass is 10.2. The third kappa shape index (κ3) is 5.99. The fraction of sp³-hybridized carbons (Fsp3) is 0.0800. The zero-order valence-electron chi connectivity index (χ0n) is 18.2. The number of carbonyl (C=O) groups is 1. The minimum absolute atomic E-state index is 0. The van der Waals surface area contributed by atoms with Gasteiger partial charge in [-0.15, -0.1) is 12.4 Å². The number of rotatable bonds is 7. The zero-order valence-corrected chi connectivity index (χ0v) is 19.0. The highest BCUT2D eigenvalue weighted by molar-refractivity contribution is 6.06. The maximum Gasteiger partial charge on any atom is 0.255 e. The van der Waals surface area contributed by atoms with Crippen molar-refractivity contribution in [3.63, 3.8) is 0 Å². The van der Waals surface area contributed by atoms with Crippen LogP contribution in [0.25, 0.3) is 0 Å². The van der Waals surface area contributed by atoms with Gasteiger partial charge in [-0.2, -0.15) is 4.98 Å². The molecule has 0 unspecified atom stereocenters. The average molecular weight is 462 g/mol. The molecule has 3 aromatic carbocycles. The summed E-state index contributed by atoms with van der Waals surface area (Å²) in [4.78, 5) is 22.1. The van der Waals surface area contributed by atoms with Gasteiger partial charge in [-0.1, -0.05) is 36.4 Å². The number of nitrogens with one attached hydrogen (secondary N) is 3. The third-order valence-corrected chi connectivity index (χ3v) is 4.75. The van der Waals surface area contributed by atoms with Crippen LogP contribution in [0.2, 0.25) is 0 Å². The molecule has 8 heteroatoms. The van der Waals surface area contributed by atoms with Crippen molar-refractivity contribution in [3.05, 3.63) is 96.2 Å². The molecule has 0 bridgehead atoms. The van der Waals surface area contributed by atoms with E-state index < -0.39 is 0 Å². The Morgan fingerprint density at radius 1 is 0.788 bits per heavy atom. The van der Waals surface area contributed by atoms with Crippen molar-refractivity contribution in [2.24, 2.45) is 0 Å². The van der Waals surface area contributed by atoms with Gasteiger partial charge in [-0.25, -0.2) is 4.98 Å². The molecule has 0 saturated heterocycles. The minimum atomic E-state index is -0.265. The quantitative estimate of drug-likeness (QED) is 0.315. The van der Waals surface area contributed by atoms with Crippen LogP contribution in [0.5, 0.6) is 5.75 Å². The molecule has 0 aliphatic carbocycles. The second-order valence-corrected chi connectivity index (χ2v) is 7.02. The fourth-order valence-corrected chi connectivity index (χ4v) is 3.11. The molecule has 0 atom stereocenters. The Balaban J connectivity index is 0.00000306. The molecule has 0 spiro atoms. The molecule has 1 amide bonds. The van der Waals surface area contributed by atoms with E-state index in [1.807, 2.05) is 67.6 Å². The number of amides is 1. The van der Waals surface area contributed by atoms with Crippen molar-refractivity contribution >= 4 is 47.1 Å². The Kier molecular flexibility index (Phi) is 7.83. The summed E-state index contributed by atoms with van der Waals surface area (Å²) in [6.45, 7) is 1.83. The first-order valence-electron chi connectivity index (χ1n) is 10.1.